The van der Waals surface area contributed by atoms with Crippen molar-refractivity contribution in [3.05, 3.63) is 17.5 Å². The van der Waals surface area contributed by atoms with Gasteiger partial charge in [0.15, 0.2) is 5.69 Å². The van der Waals surface area contributed by atoms with Crippen LogP contribution in [-0.2, 0) is 5.41 Å². The van der Waals surface area contributed by atoms with Gasteiger partial charge in [-0.05, 0) is 18.6 Å². The maximum absolute atomic E-state index is 10.7. The number of carboxylic acid groups (broad SMARTS) is 1. The molecule has 1 aromatic rings. The molecule has 1 fully saturated rings. The third kappa shape index (κ3) is 2.02. The van der Waals surface area contributed by atoms with Crippen molar-refractivity contribution in [2.24, 2.45) is 0 Å². The van der Waals surface area contributed by atoms with Gasteiger partial charge in [-0.1, -0.05) is 12.1 Å². The first kappa shape index (κ1) is 10.5. The van der Waals surface area contributed by atoms with E-state index in [-0.39, 0.29) is 11.1 Å². The molecule has 1 aliphatic heterocycles. The monoisotopic (exact) mass is 227 g/mol. The molecule has 1 atom stereocenters. The maximum Gasteiger partial charge on any atom is 0.358 e. The molecule has 0 saturated carbocycles. The molecule has 0 spiro atoms. The number of rotatable bonds is 2. The van der Waals surface area contributed by atoms with E-state index in [0.29, 0.717) is 5.76 Å². The van der Waals surface area contributed by atoms with Crippen LogP contribution in [0.1, 0.15) is 36.0 Å². The molecule has 0 amide bonds. The summed E-state index contributed by atoms with van der Waals surface area (Å²) >= 11 is 1.88. The second kappa shape index (κ2) is 3.89. The lowest BCUT2D eigenvalue weighted by Crippen LogP contribution is -2.28. The molecular formula is C10H13NO3S. The minimum Gasteiger partial charge on any atom is -0.476 e. The summed E-state index contributed by atoms with van der Waals surface area (Å²) in [5, 5.41) is 12.3. The molecular weight excluding hydrogens is 214 g/mol. The van der Waals surface area contributed by atoms with E-state index in [2.05, 4.69) is 12.1 Å². The van der Waals surface area contributed by atoms with Gasteiger partial charge in [-0.25, -0.2) is 4.79 Å². The molecule has 5 heteroatoms. The van der Waals surface area contributed by atoms with Crippen molar-refractivity contribution in [1.29, 1.82) is 0 Å². The Morgan fingerprint density at radius 1 is 1.73 bits per heavy atom. The summed E-state index contributed by atoms with van der Waals surface area (Å²) in [5.74, 6) is 1.82. The van der Waals surface area contributed by atoms with Crippen molar-refractivity contribution >= 4 is 17.7 Å². The molecule has 0 radical (unpaired) electrons. The molecule has 1 aliphatic rings. The molecule has 2 heterocycles. The van der Waals surface area contributed by atoms with E-state index in [1.54, 1.807) is 6.07 Å². The molecule has 1 N–H and O–H groups in total. The quantitative estimate of drug-likeness (QED) is 0.838. The van der Waals surface area contributed by atoms with Crippen LogP contribution in [0.2, 0.25) is 0 Å². The molecule has 4 nitrogen and oxygen atoms in total. The van der Waals surface area contributed by atoms with Gasteiger partial charge in [0.25, 0.3) is 0 Å². The van der Waals surface area contributed by atoms with Crippen molar-refractivity contribution < 1.29 is 14.4 Å². The van der Waals surface area contributed by atoms with E-state index in [1.165, 1.54) is 5.75 Å². The SMILES string of the molecule is CC1(c2cc(C(=O)O)no2)CCCSC1. The molecule has 1 aromatic heterocycles. The molecule has 0 aromatic carbocycles. The maximum atomic E-state index is 10.7. The Hall–Kier alpha value is -0.970. The standard InChI is InChI=1S/C10H13NO3S/c1-10(3-2-4-15-6-10)8-5-7(9(12)13)11-14-8/h5H,2-4,6H2,1H3,(H,12,13). The van der Waals surface area contributed by atoms with Crippen LogP contribution < -0.4 is 0 Å². The third-order valence-corrected chi connectivity index (χ3v) is 4.18. The lowest BCUT2D eigenvalue weighted by atomic mass is 9.84. The molecule has 1 saturated heterocycles. The average Bonchev–Trinajstić information content (AvgIpc) is 2.68. The number of hydrogen-bond acceptors (Lipinski definition) is 4. The summed E-state index contributed by atoms with van der Waals surface area (Å²) in [6, 6.07) is 1.55. The van der Waals surface area contributed by atoms with Gasteiger partial charge in [0.05, 0.1) is 0 Å². The normalized spacial score (nSPS) is 26.5. The Bertz CT molecular complexity index is 368. The summed E-state index contributed by atoms with van der Waals surface area (Å²) in [6.45, 7) is 2.10. The van der Waals surface area contributed by atoms with Crippen LogP contribution in [0.3, 0.4) is 0 Å². The van der Waals surface area contributed by atoms with Crippen molar-refractivity contribution in [3.63, 3.8) is 0 Å². The van der Waals surface area contributed by atoms with Crippen LogP contribution in [0, 0.1) is 0 Å². The van der Waals surface area contributed by atoms with E-state index >= 15 is 0 Å². The van der Waals surface area contributed by atoms with Crippen LogP contribution in [0.4, 0.5) is 0 Å². The van der Waals surface area contributed by atoms with Gasteiger partial charge >= 0.3 is 5.97 Å². The fraction of sp³-hybridized carbons (Fsp3) is 0.600. The van der Waals surface area contributed by atoms with E-state index in [0.717, 1.165) is 18.6 Å². The molecule has 0 aliphatic carbocycles. The van der Waals surface area contributed by atoms with Crippen molar-refractivity contribution in [2.45, 2.75) is 25.2 Å². The Morgan fingerprint density at radius 2 is 2.53 bits per heavy atom. The first-order chi connectivity index (χ1) is 7.12. The van der Waals surface area contributed by atoms with Crippen LogP contribution in [0.15, 0.2) is 10.6 Å². The number of hydrogen-bond donors (Lipinski definition) is 1. The summed E-state index contributed by atoms with van der Waals surface area (Å²) in [4.78, 5) is 10.7. The topological polar surface area (TPSA) is 63.3 Å². The fourth-order valence-corrected chi connectivity index (χ4v) is 3.02. The summed E-state index contributed by atoms with van der Waals surface area (Å²) in [5.41, 5.74) is -0.0503. The Morgan fingerprint density at radius 3 is 3.07 bits per heavy atom. The van der Waals surface area contributed by atoms with Gasteiger partial charge in [0, 0.05) is 17.2 Å². The van der Waals surface area contributed by atoms with E-state index in [1.807, 2.05) is 11.8 Å². The van der Waals surface area contributed by atoms with Crippen LogP contribution in [0.5, 0.6) is 0 Å². The largest absolute Gasteiger partial charge is 0.476 e. The molecule has 0 bridgehead atoms. The summed E-state index contributed by atoms with van der Waals surface area (Å²) in [6.07, 6.45) is 2.18. The molecule has 2 rings (SSSR count). The Balaban J connectivity index is 2.23. The van der Waals surface area contributed by atoms with Gasteiger partial charge in [0.1, 0.15) is 5.76 Å². The van der Waals surface area contributed by atoms with Crippen molar-refractivity contribution in [3.8, 4) is 0 Å². The number of thioether (sulfide) groups is 1. The van der Waals surface area contributed by atoms with E-state index in [4.69, 9.17) is 9.63 Å². The lowest BCUT2D eigenvalue weighted by molar-refractivity contribution is 0.0685. The number of nitrogens with zero attached hydrogens (tertiary/aromatic N) is 1. The second-order valence-corrected chi connectivity index (χ2v) is 5.20. The third-order valence-electron chi connectivity index (χ3n) is 2.76. The van der Waals surface area contributed by atoms with Crippen LogP contribution in [-0.4, -0.2) is 27.7 Å². The highest BCUT2D eigenvalue weighted by atomic mass is 32.2. The number of carbonyl (C=O) groups is 1. The lowest BCUT2D eigenvalue weighted by Gasteiger charge is -2.30. The number of carboxylic acids is 1. The minimum atomic E-state index is -1.03. The highest BCUT2D eigenvalue weighted by Gasteiger charge is 2.33. The Kier molecular flexibility index (Phi) is 2.73. The summed E-state index contributed by atoms with van der Waals surface area (Å²) in [7, 11) is 0. The average molecular weight is 227 g/mol. The minimum absolute atomic E-state index is 0.00167. The summed E-state index contributed by atoms with van der Waals surface area (Å²) < 4.78 is 5.12. The van der Waals surface area contributed by atoms with E-state index < -0.39 is 5.97 Å². The van der Waals surface area contributed by atoms with E-state index in [9.17, 15) is 4.79 Å². The zero-order chi connectivity index (χ0) is 10.9. The van der Waals surface area contributed by atoms with Gasteiger partial charge < -0.3 is 9.63 Å². The van der Waals surface area contributed by atoms with Crippen LogP contribution >= 0.6 is 11.8 Å². The highest BCUT2D eigenvalue weighted by Crippen LogP contribution is 2.37. The first-order valence-corrected chi connectivity index (χ1v) is 6.05. The van der Waals surface area contributed by atoms with Gasteiger partial charge in [-0.3, -0.25) is 0 Å². The molecule has 1 unspecified atom stereocenters. The molecule has 82 valence electrons. The van der Waals surface area contributed by atoms with Crippen molar-refractivity contribution in [2.75, 3.05) is 11.5 Å². The smallest absolute Gasteiger partial charge is 0.358 e. The second-order valence-electron chi connectivity index (χ2n) is 4.10. The Labute approximate surface area is 92.0 Å². The fourth-order valence-electron chi connectivity index (χ4n) is 1.79. The van der Waals surface area contributed by atoms with Crippen molar-refractivity contribution in [1.82, 2.24) is 5.16 Å². The number of aromatic nitrogens is 1. The van der Waals surface area contributed by atoms with Gasteiger partial charge in [-0.15, -0.1) is 0 Å². The predicted octanol–water partition coefficient (Wildman–Crippen LogP) is 2.16. The first-order valence-electron chi connectivity index (χ1n) is 4.90. The molecule has 15 heavy (non-hydrogen) atoms. The highest BCUT2D eigenvalue weighted by molar-refractivity contribution is 7.99. The van der Waals surface area contributed by atoms with Gasteiger partial charge in [0.2, 0.25) is 0 Å². The number of aromatic carboxylic acids is 1. The van der Waals surface area contributed by atoms with Crippen LogP contribution in [0.25, 0.3) is 0 Å². The zero-order valence-corrected chi connectivity index (χ0v) is 9.34. The van der Waals surface area contributed by atoms with Gasteiger partial charge in [-0.2, -0.15) is 11.8 Å². The zero-order valence-electron chi connectivity index (χ0n) is 8.52. The predicted molar refractivity (Wildman–Crippen MR) is 57.4 cm³/mol.